The number of hydrogen-bond donors (Lipinski definition) is 1. The molecule has 0 aliphatic carbocycles. The first-order chi connectivity index (χ1) is 11.5. The minimum Gasteiger partial charge on any atom is -0.239 e. The number of nitrogens with one attached hydrogen (secondary N) is 1. The first kappa shape index (κ1) is 16.1. The molecule has 3 aromatic rings. The fourth-order valence-electron chi connectivity index (χ4n) is 2.19. The Morgan fingerprint density at radius 1 is 1.17 bits per heavy atom. The minimum absolute atomic E-state index is 0.177. The van der Waals surface area contributed by atoms with Crippen molar-refractivity contribution in [2.24, 2.45) is 5.10 Å². The van der Waals surface area contributed by atoms with Gasteiger partial charge in [0.2, 0.25) is 0 Å². The lowest BCUT2D eigenvalue weighted by Gasteiger charge is -2.06. The van der Waals surface area contributed by atoms with Gasteiger partial charge in [-0.2, -0.15) is 13.5 Å². The second-order valence-corrected chi connectivity index (χ2v) is 7.15. The zero-order valence-electron chi connectivity index (χ0n) is 13.3. The summed E-state index contributed by atoms with van der Waals surface area (Å²) in [5.74, 6) is 0. The molecule has 0 radical (unpaired) electrons. The highest BCUT2D eigenvalue weighted by atomic mass is 32.2. The van der Waals surface area contributed by atoms with Crippen molar-refractivity contribution in [1.82, 2.24) is 19.8 Å². The van der Waals surface area contributed by atoms with Crippen molar-refractivity contribution in [1.29, 1.82) is 0 Å². The highest BCUT2D eigenvalue weighted by Crippen LogP contribution is 2.11. The minimum atomic E-state index is -3.68. The van der Waals surface area contributed by atoms with E-state index in [2.05, 4.69) is 20.2 Å². The van der Waals surface area contributed by atoms with E-state index in [4.69, 9.17) is 0 Å². The van der Waals surface area contributed by atoms with E-state index < -0.39 is 10.0 Å². The number of para-hydroxylation sites is 1. The first-order valence-electron chi connectivity index (χ1n) is 7.35. The third-order valence-electron chi connectivity index (χ3n) is 3.49. The summed E-state index contributed by atoms with van der Waals surface area (Å²) in [6, 6.07) is 14.1. The molecule has 0 aliphatic heterocycles. The fourth-order valence-corrected chi connectivity index (χ4v) is 3.07. The van der Waals surface area contributed by atoms with Crippen LogP contribution < -0.4 is 4.83 Å². The van der Waals surface area contributed by atoms with Gasteiger partial charge in [-0.1, -0.05) is 35.0 Å². The highest BCUT2D eigenvalue weighted by molar-refractivity contribution is 7.89. The van der Waals surface area contributed by atoms with Crippen LogP contribution in [0.5, 0.6) is 0 Å². The molecular formula is C16H17N5O2S. The zero-order chi connectivity index (χ0) is 17.2. The number of fused-ring (bicyclic) bond motifs is 1. The maximum Gasteiger partial charge on any atom is 0.276 e. The predicted molar refractivity (Wildman–Crippen MR) is 92.1 cm³/mol. The monoisotopic (exact) mass is 343 g/mol. The van der Waals surface area contributed by atoms with Crippen LogP contribution in [0, 0.1) is 6.92 Å². The van der Waals surface area contributed by atoms with Crippen molar-refractivity contribution in [2.75, 3.05) is 0 Å². The summed E-state index contributed by atoms with van der Waals surface area (Å²) in [4.78, 5) is 2.43. The number of aromatic nitrogens is 3. The Hall–Kier alpha value is -2.74. The van der Waals surface area contributed by atoms with Gasteiger partial charge in [0.05, 0.1) is 22.7 Å². The number of hydrazone groups is 1. The standard InChI is InChI=1S/C16H17N5O2S/c1-12-7-9-14(10-8-12)24(22,23)20-17-13(2)11-21-16-6-4-3-5-15(16)18-19-21/h3-10,20H,11H2,1-2H3. The van der Waals surface area contributed by atoms with Crippen LogP contribution in [0.25, 0.3) is 11.0 Å². The normalized spacial score (nSPS) is 12.5. The molecule has 7 nitrogen and oxygen atoms in total. The molecule has 0 fully saturated rings. The van der Waals surface area contributed by atoms with Crippen LogP contribution in [0.3, 0.4) is 0 Å². The van der Waals surface area contributed by atoms with Crippen molar-refractivity contribution in [3.8, 4) is 0 Å². The summed E-state index contributed by atoms with van der Waals surface area (Å²) >= 11 is 0. The third kappa shape index (κ3) is 3.43. The van der Waals surface area contributed by atoms with Gasteiger partial charge in [-0.25, -0.2) is 9.51 Å². The number of nitrogens with zero attached hydrogens (tertiary/aromatic N) is 4. The number of rotatable bonds is 5. The molecule has 0 saturated heterocycles. The quantitative estimate of drug-likeness (QED) is 0.567. The molecule has 1 heterocycles. The van der Waals surface area contributed by atoms with E-state index in [1.165, 1.54) is 0 Å². The predicted octanol–water partition coefficient (Wildman–Crippen LogP) is 2.09. The van der Waals surface area contributed by atoms with Gasteiger partial charge in [0.1, 0.15) is 5.52 Å². The Labute approximate surface area is 140 Å². The number of hydrogen-bond acceptors (Lipinski definition) is 5. The van der Waals surface area contributed by atoms with Crippen LogP contribution in [0.4, 0.5) is 0 Å². The average Bonchev–Trinajstić information content (AvgIpc) is 2.97. The number of benzene rings is 2. The van der Waals surface area contributed by atoms with Gasteiger partial charge in [-0.3, -0.25) is 0 Å². The molecule has 0 saturated carbocycles. The molecule has 124 valence electrons. The second-order valence-electron chi connectivity index (χ2n) is 5.49. The van der Waals surface area contributed by atoms with E-state index in [9.17, 15) is 8.42 Å². The van der Waals surface area contributed by atoms with E-state index in [-0.39, 0.29) is 4.90 Å². The van der Waals surface area contributed by atoms with Crippen molar-refractivity contribution in [3.63, 3.8) is 0 Å². The van der Waals surface area contributed by atoms with Crippen LogP contribution in [-0.2, 0) is 16.6 Å². The van der Waals surface area contributed by atoms with Crippen molar-refractivity contribution < 1.29 is 8.42 Å². The summed E-state index contributed by atoms with van der Waals surface area (Å²) in [5.41, 5.74) is 3.21. The van der Waals surface area contributed by atoms with E-state index >= 15 is 0 Å². The molecular weight excluding hydrogens is 326 g/mol. The van der Waals surface area contributed by atoms with Crippen molar-refractivity contribution >= 4 is 26.8 Å². The lowest BCUT2D eigenvalue weighted by atomic mass is 10.2. The Kier molecular flexibility index (Phi) is 4.30. The van der Waals surface area contributed by atoms with Crippen molar-refractivity contribution in [2.45, 2.75) is 25.3 Å². The van der Waals surface area contributed by atoms with Crippen molar-refractivity contribution in [3.05, 3.63) is 54.1 Å². The number of sulfonamides is 1. The average molecular weight is 343 g/mol. The Bertz CT molecular complexity index is 991. The second kappa shape index (κ2) is 6.40. The van der Waals surface area contributed by atoms with Gasteiger partial charge >= 0.3 is 0 Å². The van der Waals surface area contributed by atoms with E-state index in [1.807, 2.05) is 31.2 Å². The Balaban J connectivity index is 1.75. The van der Waals surface area contributed by atoms with Crippen LogP contribution in [0.2, 0.25) is 0 Å². The van der Waals surface area contributed by atoms with Gasteiger partial charge < -0.3 is 0 Å². The lowest BCUT2D eigenvalue weighted by molar-refractivity contribution is 0.584. The molecule has 24 heavy (non-hydrogen) atoms. The number of aryl methyl sites for hydroxylation is 1. The van der Waals surface area contributed by atoms with Gasteiger partial charge in [0.25, 0.3) is 10.0 Å². The van der Waals surface area contributed by atoms with E-state index in [0.29, 0.717) is 12.3 Å². The molecule has 8 heteroatoms. The summed E-state index contributed by atoms with van der Waals surface area (Å²) in [5, 5.41) is 12.1. The van der Waals surface area contributed by atoms with Gasteiger partial charge in [-0.15, -0.1) is 5.10 Å². The molecule has 0 aliphatic rings. The van der Waals surface area contributed by atoms with Crippen LogP contribution in [0.15, 0.2) is 58.5 Å². The van der Waals surface area contributed by atoms with E-state index in [1.54, 1.807) is 35.9 Å². The maximum absolute atomic E-state index is 12.2. The van der Waals surface area contributed by atoms with Gasteiger partial charge in [-0.05, 0) is 38.1 Å². The highest BCUT2D eigenvalue weighted by Gasteiger charge is 2.12. The van der Waals surface area contributed by atoms with Gasteiger partial charge in [0, 0.05) is 0 Å². The summed E-state index contributed by atoms with van der Waals surface area (Å²) in [6.07, 6.45) is 0. The fraction of sp³-hybridized carbons (Fsp3) is 0.188. The molecule has 0 atom stereocenters. The topological polar surface area (TPSA) is 89.2 Å². The third-order valence-corrected chi connectivity index (χ3v) is 4.71. The molecule has 1 aromatic heterocycles. The molecule has 0 bridgehead atoms. The lowest BCUT2D eigenvalue weighted by Crippen LogP contribution is -2.21. The molecule has 0 amide bonds. The molecule has 2 aromatic carbocycles. The molecule has 0 spiro atoms. The SMILES string of the molecule is CC(Cn1nnc2ccccc21)=NNS(=O)(=O)c1ccc(C)cc1. The molecule has 1 N–H and O–H groups in total. The summed E-state index contributed by atoms with van der Waals surface area (Å²) in [6.45, 7) is 3.97. The first-order valence-corrected chi connectivity index (χ1v) is 8.84. The Morgan fingerprint density at radius 2 is 1.88 bits per heavy atom. The summed E-state index contributed by atoms with van der Waals surface area (Å²) in [7, 11) is -3.68. The Morgan fingerprint density at radius 3 is 2.62 bits per heavy atom. The van der Waals surface area contributed by atoms with Gasteiger partial charge in [0.15, 0.2) is 0 Å². The van der Waals surface area contributed by atoms with E-state index in [0.717, 1.165) is 16.6 Å². The molecule has 0 unspecified atom stereocenters. The zero-order valence-corrected chi connectivity index (χ0v) is 14.2. The maximum atomic E-state index is 12.2. The summed E-state index contributed by atoms with van der Waals surface area (Å²) < 4.78 is 26.1. The molecule has 3 rings (SSSR count). The largest absolute Gasteiger partial charge is 0.276 e. The van der Waals surface area contributed by atoms with Crippen LogP contribution in [0.1, 0.15) is 12.5 Å². The van der Waals surface area contributed by atoms with Crippen LogP contribution in [-0.4, -0.2) is 29.1 Å². The smallest absolute Gasteiger partial charge is 0.239 e. The van der Waals surface area contributed by atoms with Crippen LogP contribution >= 0.6 is 0 Å².